The number of hydrogen-bond donors (Lipinski definition) is 0. The van der Waals surface area contributed by atoms with Crippen LogP contribution in [0.5, 0.6) is 0 Å². The lowest BCUT2D eigenvalue weighted by Crippen LogP contribution is -1.83. The van der Waals surface area contributed by atoms with E-state index in [4.69, 9.17) is 11.6 Å². The van der Waals surface area contributed by atoms with Crippen molar-refractivity contribution >= 4 is 11.6 Å². The number of rotatable bonds is 0. The van der Waals surface area contributed by atoms with Crippen molar-refractivity contribution in [1.29, 1.82) is 0 Å². The SMILES string of the molecule is Cc1cc(Cl)cnc1C. The molecule has 0 N–H and O–H groups in total. The molecule has 1 aromatic heterocycles. The number of hydrogen-bond acceptors (Lipinski definition) is 1. The molecule has 0 bridgehead atoms. The van der Waals surface area contributed by atoms with Gasteiger partial charge in [0.25, 0.3) is 0 Å². The summed E-state index contributed by atoms with van der Waals surface area (Å²) >= 11 is 5.65. The molecule has 0 unspecified atom stereocenters. The van der Waals surface area contributed by atoms with E-state index in [0.717, 1.165) is 11.3 Å². The van der Waals surface area contributed by atoms with E-state index in [1.165, 1.54) is 0 Å². The van der Waals surface area contributed by atoms with Gasteiger partial charge in [0.1, 0.15) is 0 Å². The maximum Gasteiger partial charge on any atom is 0.0592 e. The van der Waals surface area contributed by atoms with Gasteiger partial charge in [0.2, 0.25) is 0 Å². The molecule has 0 atom stereocenters. The number of nitrogens with zero attached hydrogens (tertiary/aromatic N) is 1. The quantitative estimate of drug-likeness (QED) is 0.541. The minimum absolute atomic E-state index is 0.707. The van der Waals surface area contributed by atoms with Crippen molar-refractivity contribution in [2.45, 2.75) is 13.8 Å². The molecule has 0 aromatic carbocycles. The van der Waals surface area contributed by atoms with Crippen LogP contribution in [0.2, 0.25) is 5.02 Å². The van der Waals surface area contributed by atoms with Gasteiger partial charge in [0.05, 0.1) is 5.02 Å². The summed E-state index contributed by atoms with van der Waals surface area (Å²) in [6, 6.07) is 1.91. The molecule has 9 heavy (non-hydrogen) atoms. The molecule has 48 valence electrons. The average molecular weight is 142 g/mol. The molecular weight excluding hydrogens is 134 g/mol. The van der Waals surface area contributed by atoms with Crippen LogP contribution in [0.15, 0.2) is 12.3 Å². The highest BCUT2D eigenvalue weighted by molar-refractivity contribution is 6.30. The van der Waals surface area contributed by atoms with Crippen LogP contribution >= 0.6 is 11.6 Å². The van der Waals surface area contributed by atoms with Crippen molar-refractivity contribution in [3.63, 3.8) is 0 Å². The highest BCUT2D eigenvalue weighted by Crippen LogP contribution is 2.10. The maximum absolute atomic E-state index is 5.65. The lowest BCUT2D eigenvalue weighted by atomic mass is 10.2. The Bertz CT molecular complexity index is 220. The third-order valence-corrected chi connectivity index (χ3v) is 1.51. The van der Waals surface area contributed by atoms with Gasteiger partial charge in [-0.05, 0) is 25.5 Å². The van der Waals surface area contributed by atoms with Gasteiger partial charge in [0, 0.05) is 11.9 Å². The second-order valence-electron chi connectivity index (χ2n) is 2.06. The van der Waals surface area contributed by atoms with E-state index in [2.05, 4.69) is 4.98 Å². The largest absolute Gasteiger partial charge is 0.260 e. The Labute approximate surface area is 59.7 Å². The summed E-state index contributed by atoms with van der Waals surface area (Å²) < 4.78 is 0. The minimum Gasteiger partial charge on any atom is -0.260 e. The first-order valence-corrected chi connectivity index (χ1v) is 3.16. The van der Waals surface area contributed by atoms with Gasteiger partial charge in [0.15, 0.2) is 0 Å². The summed E-state index contributed by atoms with van der Waals surface area (Å²) in [4.78, 5) is 4.05. The topological polar surface area (TPSA) is 12.9 Å². The minimum atomic E-state index is 0.707. The molecule has 1 nitrogen and oxygen atoms in total. The van der Waals surface area contributed by atoms with Crippen LogP contribution in [-0.4, -0.2) is 4.98 Å². The smallest absolute Gasteiger partial charge is 0.0592 e. The summed E-state index contributed by atoms with van der Waals surface area (Å²) in [6.07, 6.45) is 1.66. The Kier molecular flexibility index (Phi) is 1.72. The second kappa shape index (κ2) is 2.36. The second-order valence-corrected chi connectivity index (χ2v) is 2.49. The fourth-order valence-electron chi connectivity index (χ4n) is 0.609. The molecule has 0 fully saturated rings. The summed E-state index contributed by atoms with van der Waals surface area (Å²) in [7, 11) is 0. The number of aryl methyl sites for hydroxylation is 2. The third-order valence-electron chi connectivity index (χ3n) is 1.31. The normalized spacial score (nSPS) is 9.67. The van der Waals surface area contributed by atoms with E-state index in [1.807, 2.05) is 19.9 Å². The zero-order valence-corrected chi connectivity index (χ0v) is 6.24. The van der Waals surface area contributed by atoms with Crippen LogP contribution < -0.4 is 0 Å². The summed E-state index contributed by atoms with van der Waals surface area (Å²) in [5, 5.41) is 0.707. The molecule has 2 heteroatoms. The van der Waals surface area contributed by atoms with Crippen LogP contribution in [-0.2, 0) is 0 Å². The Hall–Kier alpha value is -0.560. The lowest BCUT2D eigenvalue weighted by Gasteiger charge is -1.95. The maximum atomic E-state index is 5.65. The van der Waals surface area contributed by atoms with E-state index in [1.54, 1.807) is 6.20 Å². The van der Waals surface area contributed by atoms with E-state index >= 15 is 0 Å². The predicted octanol–water partition coefficient (Wildman–Crippen LogP) is 2.35. The first-order chi connectivity index (χ1) is 4.20. The Balaban J connectivity index is 3.17. The molecule has 0 amide bonds. The van der Waals surface area contributed by atoms with Crippen LogP contribution in [0, 0.1) is 13.8 Å². The zero-order valence-electron chi connectivity index (χ0n) is 5.48. The molecule has 0 aliphatic heterocycles. The Morgan fingerprint density at radius 1 is 1.44 bits per heavy atom. The molecule has 1 rings (SSSR count). The number of aromatic nitrogens is 1. The van der Waals surface area contributed by atoms with Gasteiger partial charge >= 0.3 is 0 Å². The van der Waals surface area contributed by atoms with E-state index in [9.17, 15) is 0 Å². The van der Waals surface area contributed by atoms with Crippen LogP contribution in [0.4, 0.5) is 0 Å². The fourth-order valence-corrected chi connectivity index (χ4v) is 0.821. The first-order valence-electron chi connectivity index (χ1n) is 2.79. The molecule has 0 saturated heterocycles. The molecular formula is C7H8ClN. The Morgan fingerprint density at radius 3 is 2.56 bits per heavy atom. The van der Waals surface area contributed by atoms with Crippen molar-refractivity contribution in [2.75, 3.05) is 0 Å². The van der Waals surface area contributed by atoms with Gasteiger partial charge in [-0.2, -0.15) is 0 Å². The van der Waals surface area contributed by atoms with E-state index in [0.29, 0.717) is 5.02 Å². The summed E-state index contributed by atoms with van der Waals surface area (Å²) in [5.74, 6) is 0. The lowest BCUT2D eigenvalue weighted by molar-refractivity contribution is 1.15. The van der Waals surface area contributed by atoms with Crippen molar-refractivity contribution in [1.82, 2.24) is 4.98 Å². The molecule has 0 saturated carbocycles. The van der Waals surface area contributed by atoms with Crippen molar-refractivity contribution < 1.29 is 0 Å². The van der Waals surface area contributed by atoms with Gasteiger partial charge < -0.3 is 0 Å². The molecule has 0 aliphatic carbocycles. The van der Waals surface area contributed by atoms with Gasteiger partial charge in [-0.3, -0.25) is 4.98 Å². The van der Waals surface area contributed by atoms with Crippen molar-refractivity contribution in [3.05, 3.63) is 28.5 Å². The zero-order chi connectivity index (χ0) is 6.85. The third kappa shape index (κ3) is 1.42. The molecule has 1 aromatic rings. The molecule has 1 heterocycles. The highest BCUT2D eigenvalue weighted by atomic mass is 35.5. The van der Waals surface area contributed by atoms with E-state index < -0.39 is 0 Å². The summed E-state index contributed by atoms with van der Waals surface area (Å²) in [5.41, 5.74) is 2.18. The van der Waals surface area contributed by atoms with Gasteiger partial charge in [-0.25, -0.2) is 0 Å². The Morgan fingerprint density at radius 2 is 2.11 bits per heavy atom. The standard InChI is InChI=1S/C7H8ClN/c1-5-3-7(8)4-9-6(5)2/h3-4H,1-2H3. The van der Waals surface area contributed by atoms with E-state index in [-0.39, 0.29) is 0 Å². The van der Waals surface area contributed by atoms with Crippen LogP contribution in [0.1, 0.15) is 11.3 Å². The monoisotopic (exact) mass is 141 g/mol. The first kappa shape index (κ1) is 6.56. The van der Waals surface area contributed by atoms with Crippen molar-refractivity contribution in [3.8, 4) is 0 Å². The van der Waals surface area contributed by atoms with Crippen molar-refractivity contribution in [2.24, 2.45) is 0 Å². The predicted molar refractivity (Wildman–Crippen MR) is 38.7 cm³/mol. The molecule has 0 radical (unpaired) electrons. The number of halogens is 1. The average Bonchev–Trinajstić information content (AvgIpc) is 1.80. The molecule has 0 spiro atoms. The van der Waals surface area contributed by atoms with Gasteiger partial charge in [-0.1, -0.05) is 11.6 Å². The molecule has 0 aliphatic rings. The van der Waals surface area contributed by atoms with Gasteiger partial charge in [-0.15, -0.1) is 0 Å². The number of pyridine rings is 1. The summed E-state index contributed by atoms with van der Waals surface area (Å²) in [6.45, 7) is 3.96. The highest BCUT2D eigenvalue weighted by Gasteiger charge is 1.92. The fraction of sp³-hybridized carbons (Fsp3) is 0.286. The van der Waals surface area contributed by atoms with Crippen LogP contribution in [0.25, 0.3) is 0 Å². The van der Waals surface area contributed by atoms with Crippen LogP contribution in [0.3, 0.4) is 0 Å².